The van der Waals surface area contributed by atoms with E-state index < -0.39 is 0 Å². The number of allylic oxidation sites excluding steroid dienone is 8. The van der Waals surface area contributed by atoms with E-state index in [2.05, 4.69) is 36.5 Å². The fraction of sp³-hybridized carbons (Fsp3) is 0.200. The van der Waals surface area contributed by atoms with Crippen LogP contribution in [0, 0.1) is 12.0 Å². The maximum Gasteiger partial charge on any atom is 1.00 e. The van der Waals surface area contributed by atoms with Crippen molar-refractivity contribution in [2.75, 3.05) is 0 Å². The van der Waals surface area contributed by atoms with Crippen molar-refractivity contribution in [2.45, 2.75) is 6.42 Å². The van der Waals surface area contributed by atoms with Gasteiger partial charge in [-0.25, -0.2) is 0 Å². The Hall–Kier alpha value is -0.404. The maximum absolute atomic E-state index is 3.22. The summed E-state index contributed by atoms with van der Waals surface area (Å²) in [4.78, 5) is 0. The third kappa shape index (κ3) is 1.79. The first-order valence-corrected chi connectivity index (χ1v) is 3.60. The standard InChI is InChI=1S/C10H9.Os/c1-2-6-10-8-4-3-7-9(10)5-1;/h1-6,9H,7H2;/q-1;+1. The summed E-state index contributed by atoms with van der Waals surface area (Å²) in [6, 6.07) is 0. The third-order valence-electron chi connectivity index (χ3n) is 1.89. The van der Waals surface area contributed by atoms with Gasteiger partial charge in [-0.1, -0.05) is 18.6 Å². The van der Waals surface area contributed by atoms with E-state index in [-0.39, 0.29) is 19.8 Å². The fourth-order valence-corrected chi connectivity index (χ4v) is 1.32. The van der Waals surface area contributed by atoms with Gasteiger partial charge in [0.2, 0.25) is 0 Å². The van der Waals surface area contributed by atoms with Crippen molar-refractivity contribution in [1.82, 2.24) is 0 Å². The number of fused-ring (bicyclic) bond motifs is 1. The zero-order chi connectivity index (χ0) is 6.81. The van der Waals surface area contributed by atoms with Crippen LogP contribution in [-0.4, -0.2) is 0 Å². The Labute approximate surface area is 80.4 Å². The van der Waals surface area contributed by atoms with Crippen molar-refractivity contribution in [3.8, 4) is 0 Å². The number of hydrogen-bond donors (Lipinski definition) is 0. The Balaban J connectivity index is 0.000000605. The molecule has 0 fully saturated rings. The predicted molar refractivity (Wildman–Crippen MR) is 42.3 cm³/mol. The minimum atomic E-state index is 0. The molecule has 0 saturated heterocycles. The Morgan fingerprint density at radius 1 is 1.36 bits per heavy atom. The molecule has 57 valence electrons. The topological polar surface area (TPSA) is 0 Å². The van der Waals surface area contributed by atoms with E-state index in [1.807, 2.05) is 6.08 Å². The SMILES string of the molecule is [C-]1=C2C=CC=CC2CC=C1.[Os+]. The van der Waals surface area contributed by atoms with E-state index in [9.17, 15) is 0 Å². The molecule has 1 radical (unpaired) electrons. The van der Waals surface area contributed by atoms with Gasteiger partial charge in [0.1, 0.15) is 0 Å². The fourth-order valence-electron chi connectivity index (χ4n) is 1.32. The molecule has 0 bridgehead atoms. The molecular formula is C10H9Os. The zero-order valence-electron chi connectivity index (χ0n) is 6.10. The summed E-state index contributed by atoms with van der Waals surface area (Å²) in [6.45, 7) is 0. The van der Waals surface area contributed by atoms with Gasteiger partial charge in [-0.3, -0.25) is 0 Å². The van der Waals surface area contributed by atoms with Gasteiger partial charge in [0.05, 0.1) is 0 Å². The van der Waals surface area contributed by atoms with E-state index in [1.54, 1.807) is 0 Å². The maximum atomic E-state index is 3.22. The Morgan fingerprint density at radius 3 is 3.09 bits per heavy atom. The average Bonchev–Trinajstić information content (AvgIpc) is 2.05. The minimum Gasteiger partial charge on any atom is -0.180 e. The molecule has 2 aliphatic carbocycles. The summed E-state index contributed by atoms with van der Waals surface area (Å²) < 4.78 is 0. The first-order chi connectivity index (χ1) is 4.97. The van der Waals surface area contributed by atoms with Crippen LogP contribution in [0.2, 0.25) is 0 Å². The summed E-state index contributed by atoms with van der Waals surface area (Å²) in [6.07, 6.45) is 17.1. The van der Waals surface area contributed by atoms with Crippen molar-refractivity contribution in [3.63, 3.8) is 0 Å². The Kier molecular flexibility index (Phi) is 3.03. The first-order valence-electron chi connectivity index (χ1n) is 3.60. The van der Waals surface area contributed by atoms with E-state index in [1.165, 1.54) is 5.57 Å². The predicted octanol–water partition coefficient (Wildman–Crippen LogP) is 2.42. The molecule has 2 rings (SSSR count). The van der Waals surface area contributed by atoms with E-state index in [0.717, 1.165) is 6.42 Å². The zero-order valence-corrected chi connectivity index (χ0v) is 8.64. The second-order valence-electron chi connectivity index (χ2n) is 2.59. The van der Waals surface area contributed by atoms with Crippen LogP contribution in [0.25, 0.3) is 0 Å². The first kappa shape index (κ1) is 8.69. The minimum absolute atomic E-state index is 0. The van der Waals surface area contributed by atoms with Crippen LogP contribution in [0.3, 0.4) is 0 Å². The Bertz CT molecular complexity index is 244. The van der Waals surface area contributed by atoms with E-state index >= 15 is 0 Å². The summed E-state index contributed by atoms with van der Waals surface area (Å²) in [7, 11) is 0. The van der Waals surface area contributed by atoms with Crippen molar-refractivity contribution >= 4 is 0 Å². The molecule has 1 atom stereocenters. The molecular weight excluding hydrogens is 310 g/mol. The molecule has 0 amide bonds. The van der Waals surface area contributed by atoms with E-state index in [4.69, 9.17) is 0 Å². The van der Waals surface area contributed by atoms with Crippen LogP contribution in [-0.2, 0) is 19.8 Å². The third-order valence-corrected chi connectivity index (χ3v) is 1.89. The largest absolute Gasteiger partial charge is 1.00 e. The second-order valence-corrected chi connectivity index (χ2v) is 2.59. The van der Waals surface area contributed by atoms with Gasteiger partial charge in [-0.2, -0.15) is 29.9 Å². The molecule has 1 heteroatoms. The molecule has 0 N–H and O–H groups in total. The smallest absolute Gasteiger partial charge is 0.180 e. The summed E-state index contributed by atoms with van der Waals surface area (Å²) in [5, 5.41) is 0. The molecule has 0 aromatic rings. The summed E-state index contributed by atoms with van der Waals surface area (Å²) in [5.41, 5.74) is 1.32. The molecule has 0 heterocycles. The van der Waals surface area contributed by atoms with Gasteiger partial charge in [0.25, 0.3) is 0 Å². The molecule has 11 heavy (non-hydrogen) atoms. The van der Waals surface area contributed by atoms with Gasteiger partial charge < -0.3 is 0 Å². The van der Waals surface area contributed by atoms with Gasteiger partial charge in [-0.15, -0.1) is 6.08 Å². The van der Waals surface area contributed by atoms with Crippen LogP contribution in [0.4, 0.5) is 0 Å². The second kappa shape index (κ2) is 3.84. The van der Waals surface area contributed by atoms with Crippen LogP contribution in [0.5, 0.6) is 0 Å². The molecule has 0 nitrogen and oxygen atoms in total. The summed E-state index contributed by atoms with van der Waals surface area (Å²) >= 11 is 0. The van der Waals surface area contributed by atoms with Gasteiger partial charge in [-0.05, 0) is 5.92 Å². The normalized spacial score (nSPS) is 25.5. The van der Waals surface area contributed by atoms with Crippen molar-refractivity contribution in [3.05, 3.63) is 48.1 Å². The van der Waals surface area contributed by atoms with Crippen molar-refractivity contribution in [2.24, 2.45) is 5.92 Å². The van der Waals surface area contributed by atoms with Crippen LogP contribution in [0.15, 0.2) is 42.0 Å². The van der Waals surface area contributed by atoms with Crippen molar-refractivity contribution in [1.29, 1.82) is 0 Å². The van der Waals surface area contributed by atoms with Gasteiger partial charge in [0.15, 0.2) is 0 Å². The molecule has 0 aliphatic heterocycles. The summed E-state index contributed by atoms with van der Waals surface area (Å²) in [5.74, 6) is 0.606. The monoisotopic (exact) mass is 321 g/mol. The Morgan fingerprint density at radius 2 is 2.27 bits per heavy atom. The van der Waals surface area contributed by atoms with Crippen LogP contribution >= 0.6 is 0 Å². The molecule has 2 aliphatic rings. The van der Waals surface area contributed by atoms with Crippen LogP contribution in [0.1, 0.15) is 6.42 Å². The van der Waals surface area contributed by atoms with Crippen molar-refractivity contribution < 1.29 is 19.8 Å². The molecule has 0 spiro atoms. The van der Waals surface area contributed by atoms with Gasteiger partial charge in [0, 0.05) is 0 Å². The molecule has 0 aromatic carbocycles. The van der Waals surface area contributed by atoms with Gasteiger partial charge >= 0.3 is 19.8 Å². The number of hydrogen-bond acceptors (Lipinski definition) is 0. The molecule has 0 aromatic heterocycles. The number of rotatable bonds is 0. The average molecular weight is 319 g/mol. The van der Waals surface area contributed by atoms with Crippen LogP contribution < -0.4 is 0 Å². The molecule has 0 saturated carbocycles. The quantitative estimate of drug-likeness (QED) is 0.602. The van der Waals surface area contributed by atoms with E-state index in [0.29, 0.717) is 5.92 Å². The molecule has 1 unspecified atom stereocenters.